The van der Waals surface area contributed by atoms with Crippen LogP contribution in [0.15, 0.2) is 22.7 Å². The molecular formula is C16H19BrN4. The van der Waals surface area contributed by atoms with E-state index in [-0.39, 0.29) is 0 Å². The van der Waals surface area contributed by atoms with Crippen molar-refractivity contribution >= 4 is 27.4 Å². The fourth-order valence-corrected chi connectivity index (χ4v) is 3.26. The highest BCUT2D eigenvalue weighted by atomic mass is 79.9. The molecule has 0 saturated carbocycles. The third kappa shape index (κ3) is 2.62. The molecule has 0 radical (unpaired) electrons. The van der Waals surface area contributed by atoms with E-state index in [0.29, 0.717) is 11.6 Å². The number of aryl methyl sites for hydroxylation is 2. The highest BCUT2D eigenvalue weighted by Gasteiger charge is 2.16. The van der Waals surface area contributed by atoms with Gasteiger partial charge in [-0.1, -0.05) is 6.92 Å². The second kappa shape index (κ2) is 5.64. The van der Waals surface area contributed by atoms with E-state index < -0.39 is 0 Å². The van der Waals surface area contributed by atoms with Crippen molar-refractivity contribution in [1.29, 1.82) is 0 Å². The molecule has 2 N–H and O–H groups in total. The molecule has 0 aliphatic carbocycles. The van der Waals surface area contributed by atoms with Crippen molar-refractivity contribution < 1.29 is 0 Å². The number of halogens is 1. The van der Waals surface area contributed by atoms with Gasteiger partial charge in [-0.05, 0) is 59.0 Å². The maximum Gasteiger partial charge on any atom is 0.161 e. The number of hydrogen-bond acceptors (Lipinski definition) is 4. The first-order valence-corrected chi connectivity index (χ1v) is 8.05. The van der Waals surface area contributed by atoms with E-state index in [0.717, 1.165) is 35.1 Å². The highest BCUT2D eigenvalue weighted by molar-refractivity contribution is 9.10. The minimum Gasteiger partial charge on any atom is -0.383 e. The molecule has 1 aromatic carbocycles. The van der Waals surface area contributed by atoms with Crippen molar-refractivity contribution in [3.63, 3.8) is 0 Å². The number of rotatable bonds is 2. The smallest absolute Gasteiger partial charge is 0.161 e. The standard InChI is InChI=1S/C16H19BrN4/c1-3-12-14(17)15(18)20-16(19-12)11-6-7-13-10(9-11)5-4-8-21(13)2/h6-7,9H,3-5,8H2,1-2H3,(H2,18,19,20). The molecule has 0 amide bonds. The number of hydrogen-bond donors (Lipinski definition) is 1. The summed E-state index contributed by atoms with van der Waals surface area (Å²) >= 11 is 3.46. The van der Waals surface area contributed by atoms with Crippen LogP contribution in [0.25, 0.3) is 11.4 Å². The molecule has 2 heterocycles. The molecule has 1 aromatic heterocycles. The summed E-state index contributed by atoms with van der Waals surface area (Å²) in [7, 11) is 2.14. The van der Waals surface area contributed by atoms with Crippen LogP contribution in [-0.4, -0.2) is 23.6 Å². The van der Waals surface area contributed by atoms with Crippen molar-refractivity contribution in [3.8, 4) is 11.4 Å². The predicted octanol–water partition coefficient (Wildman–Crippen LogP) is 3.43. The molecule has 21 heavy (non-hydrogen) atoms. The zero-order valence-electron chi connectivity index (χ0n) is 12.4. The van der Waals surface area contributed by atoms with Crippen molar-refractivity contribution in [3.05, 3.63) is 33.9 Å². The Morgan fingerprint density at radius 1 is 1.33 bits per heavy atom. The number of nitrogens with two attached hydrogens (primary N) is 1. The Kier molecular flexibility index (Phi) is 3.85. The Morgan fingerprint density at radius 2 is 2.14 bits per heavy atom. The molecular weight excluding hydrogens is 328 g/mol. The first kappa shape index (κ1) is 14.3. The number of benzene rings is 1. The lowest BCUT2D eigenvalue weighted by Gasteiger charge is -2.27. The SMILES string of the molecule is CCc1nc(-c2ccc3c(c2)CCCN3C)nc(N)c1Br. The molecule has 0 saturated heterocycles. The summed E-state index contributed by atoms with van der Waals surface area (Å²) < 4.78 is 0.812. The van der Waals surface area contributed by atoms with Gasteiger partial charge in [-0.3, -0.25) is 0 Å². The van der Waals surface area contributed by atoms with Crippen molar-refractivity contribution in [1.82, 2.24) is 9.97 Å². The molecule has 0 spiro atoms. The van der Waals surface area contributed by atoms with Crippen LogP contribution in [0.2, 0.25) is 0 Å². The fourth-order valence-electron chi connectivity index (χ4n) is 2.80. The summed E-state index contributed by atoms with van der Waals surface area (Å²) in [6.45, 7) is 3.19. The van der Waals surface area contributed by atoms with Crippen LogP contribution >= 0.6 is 15.9 Å². The Hall–Kier alpha value is -1.62. The van der Waals surface area contributed by atoms with Crippen LogP contribution in [0, 0.1) is 0 Å². The fraction of sp³-hybridized carbons (Fsp3) is 0.375. The second-order valence-electron chi connectivity index (χ2n) is 5.42. The molecule has 0 atom stereocenters. The Morgan fingerprint density at radius 3 is 2.90 bits per heavy atom. The van der Waals surface area contributed by atoms with Gasteiger partial charge in [-0.15, -0.1) is 0 Å². The maximum atomic E-state index is 5.99. The minimum absolute atomic E-state index is 0.506. The van der Waals surface area contributed by atoms with E-state index in [4.69, 9.17) is 5.73 Å². The summed E-state index contributed by atoms with van der Waals surface area (Å²) in [5, 5.41) is 0. The van der Waals surface area contributed by atoms with Gasteiger partial charge in [-0.2, -0.15) is 0 Å². The summed E-state index contributed by atoms with van der Waals surface area (Å²) in [6.07, 6.45) is 3.13. The second-order valence-corrected chi connectivity index (χ2v) is 6.21. The Labute approximate surface area is 133 Å². The monoisotopic (exact) mass is 346 g/mol. The van der Waals surface area contributed by atoms with Gasteiger partial charge in [0, 0.05) is 24.8 Å². The van der Waals surface area contributed by atoms with Gasteiger partial charge in [0.25, 0.3) is 0 Å². The molecule has 0 unspecified atom stereocenters. The lowest BCUT2D eigenvalue weighted by molar-refractivity contribution is 0.744. The van der Waals surface area contributed by atoms with E-state index in [9.17, 15) is 0 Å². The molecule has 1 aliphatic rings. The zero-order valence-corrected chi connectivity index (χ0v) is 13.9. The predicted molar refractivity (Wildman–Crippen MR) is 90.5 cm³/mol. The van der Waals surface area contributed by atoms with Gasteiger partial charge in [0.2, 0.25) is 0 Å². The molecule has 0 fully saturated rings. The number of nitrogens with zero attached hydrogens (tertiary/aromatic N) is 3. The van der Waals surface area contributed by atoms with E-state index >= 15 is 0 Å². The van der Waals surface area contributed by atoms with Gasteiger partial charge < -0.3 is 10.6 Å². The zero-order chi connectivity index (χ0) is 15.0. The first-order valence-electron chi connectivity index (χ1n) is 7.26. The molecule has 2 aromatic rings. The molecule has 4 nitrogen and oxygen atoms in total. The largest absolute Gasteiger partial charge is 0.383 e. The molecule has 1 aliphatic heterocycles. The summed E-state index contributed by atoms with van der Waals surface area (Å²) in [6, 6.07) is 6.45. The van der Waals surface area contributed by atoms with E-state index in [1.54, 1.807) is 0 Å². The number of aromatic nitrogens is 2. The van der Waals surface area contributed by atoms with Gasteiger partial charge >= 0.3 is 0 Å². The average Bonchev–Trinajstić information content (AvgIpc) is 2.50. The van der Waals surface area contributed by atoms with Crippen LogP contribution in [0.5, 0.6) is 0 Å². The summed E-state index contributed by atoms with van der Waals surface area (Å²) in [4.78, 5) is 11.4. The lowest BCUT2D eigenvalue weighted by atomic mass is 9.99. The van der Waals surface area contributed by atoms with Crippen LogP contribution in [0.3, 0.4) is 0 Å². The summed E-state index contributed by atoms with van der Waals surface area (Å²) in [5.41, 5.74) is 10.7. The Balaban J connectivity index is 2.07. The quantitative estimate of drug-likeness (QED) is 0.904. The number of anilines is 2. The van der Waals surface area contributed by atoms with E-state index in [1.807, 2.05) is 0 Å². The van der Waals surface area contributed by atoms with Gasteiger partial charge in [0.1, 0.15) is 5.82 Å². The lowest BCUT2D eigenvalue weighted by Crippen LogP contribution is -2.24. The number of nitrogen functional groups attached to an aromatic ring is 1. The molecule has 110 valence electrons. The van der Waals surface area contributed by atoms with Crippen molar-refractivity contribution in [2.75, 3.05) is 24.2 Å². The van der Waals surface area contributed by atoms with Gasteiger partial charge in [-0.25, -0.2) is 9.97 Å². The van der Waals surface area contributed by atoms with E-state index in [1.165, 1.54) is 17.7 Å². The molecule has 0 bridgehead atoms. The molecule has 5 heteroatoms. The third-order valence-corrected chi connectivity index (χ3v) is 4.83. The van der Waals surface area contributed by atoms with E-state index in [2.05, 4.69) is 63.0 Å². The van der Waals surface area contributed by atoms with Crippen molar-refractivity contribution in [2.24, 2.45) is 0 Å². The van der Waals surface area contributed by atoms with Crippen LogP contribution in [0.4, 0.5) is 11.5 Å². The minimum atomic E-state index is 0.506. The molecule has 3 rings (SSSR count). The first-order chi connectivity index (χ1) is 10.1. The van der Waals surface area contributed by atoms with Gasteiger partial charge in [0.05, 0.1) is 10.2 Å². The normalized spacial score (nSPS) is 14.1. The topological polar surface area (TPSA) is 55.0 Å². The summed E-state index contributed by atoms with van der Waals surface area (Å²) in [5.74, 6) is 1.22. The maximum absolute atomic E-state index is 5.99. The van der Waals surface area contributed by atoms with Crippen LogP contribution < -0.4 is 10.6 Å². The van der Waals surface area contributed by atoms with Crippen LogP contribution in [-0.2, 0) is 12.8 Å². The number of fused-ring (bicyclic) bond motifs is 1. The van der Waals surface area contributed by atoms with Crippen molar-refractivity contribution in [2.45, 2.75) is 26.2 Å². The third-order valence-electron chi connectivity index (χ3n) is 3.97. The average molecular weight is 347 g/mol. The van der Waals surface area contributed by atoms with Gasteiger partial charge in [0.15, 0.2) is 5.82 Å². The highest BCUT2D eigenvalue weighted by Crippen LogP contribution is 2.31. The Bertz CT molecular complexity index is 684. The van der Waals surface area contributed by atoms with Crippen LogP contribution in [0.1, 0.15) is 24.6 Å².